The Morgan fingerprint density at radius 3 is 2.50 bits per heavy atom. The van der Waals surface area contributed by atoms with Gasteiger partial charge in [-0.3, -0.25) is 0 Å². The lowest BCUT2D eigenvalue weighted by atomic mass is 10.1. The SMILES string of the molecule is CC(CN)CCN(C)Cc1ccc(F)cc1. The molecule has 0 saturated heterocycles. The molecule has 0 aliphatic rings. The third kappa shape index (κ3) is 4.73. The molecule has 1 rings (SSSR count). The number of rotatable bonds is 6. The third-order valence-corrected chi connectivity index (χ3v) is 2.77. The van der Waals surface area contributed by atoms with E-state index in [1.807, 2.05) is 12.1 Å². The van der Waals surface area contributed by atoms with Gasteiger partial charge in [-0.15, -0.1) is 0 Å². The summed E-state index contributed by atoms with van der Waals surface area (Å²) in [6, 6.07) is 6.67. The lowest BCUT2D eigenvalue weighted by Crippen LogP contribution is -2.23. The minimum absolute atomic E-state index is 0.178. The number of hydrogen-bond acceptors (Lipinski definition) is 2. The molecule has 1 aromatic rings. The van der Waals surface area contributed by atoms with Crippen LogP contribution in [0.5, 0.6) is 0 Å². The van der Waals surface area contributed by atoms with Gasteiger partial charge in [-0.05, 0) is 50.2 Å². The molecule has 0 radical (unpaired) electrons. The van der Waals surface area contributed by atoms with Crippen LogP contribution >= 0.6 is 0 Å². The highest BCUT2D eigenvalue weighted by Crippen LogP contribution is 2.07. The predicted molar refractivity (Wildman–Crippen MR) is 65.6 cm³/mol. The number of nitrogens with zero attached hydrogens (tertiary/aromatic N) is 1. The summed E-state index contributed by atoms with van der Waals surface area (Å²) in [6.45, 7) is 4.78. The second-order valence-electron chi connectivity index (χ2n) is 4.49. The van der Waals surface area contributed by atoms with Crippen molar-refractivity contribution in [2.24, 2.45) is 11.7 Å². The van der Waals surface area contributed by atoms with E-state index < -0.39 is 0 Å². The van der Waals surface area contributed by atoms with Crippen LogP contribution in [0.25, 0.3) is 0 Å². The van der Waals surface area contributed by atoms with Crippen LogP contribution in [0.3, 0.4) is 0 Å². The fourth-order valence-corrected chi connectivity index (χ4v) is 1.54. The Morgan fingerprint density at radius 1 is 1.31 bits per heavy atom. The Hall–Kier alpha value is -0.930. The van der Waals surface area contributed by atoms with E-state index in [4.69, 9.17) is 5.73 Å². The Bertz CT molecular complexity index is 297. The second kappa shape index (κ2) is 6.61. The van der Waals surface area contributed by atoms with E-state index in [9.17, 15) is 4.39 Å². The van der Waals surface area contributed by atoms with E-state index in [1.54, 1.807) is 0 Å². The zero-order chi connectivity index (χ0) is 12.0. The molecule has 0 aromatic heterocycles. The maximum absolute atomic E-state index is 12.7. The van der Waals surface area contributed by atoms with Crippen LogP contribution in [0.15, 0.2) is 24.3 Å². The topological polar surface area (TPSA) is 29.3 Å². The van der Waals surface area contributed by atoms with Gasteiger partial charge < -0.3 is 10.6 Å². The minimum Gasteiger partial charge on any atom is -0.330 e. The van der Waals surface area contributed by atoms with E-state index >= 15 is 0 Å². The van der Waals surface area contributed by atoms with Crippen molar-refractivity contribution in [2.45, 2.75) is 19.9 Å². The zero-order valence-electron chi connectivity index (χ0n) is 10.1. The molecule has 0 aliphatic heterocycles. The highest BCUT2D eigenvalue weighted by atomic mass is 19.1. The van der Waals surface area contributed by atoms with Crippen LogP contribution in [0.2, 0.25) is 0 Å². The summed E-state index contributed by atoms with van der Waals surface area (Å²) in [5.41, 5.74) is 6.71. The Morgan fingerprint density at radius 2 is 1.94 bits per heavy atom. The molecule has 0 fully saturated rings. The molecule has 1 unspecified atom stereocenters. The fraction of sp³-hybridized carbons (Fsp3) is 0.538. The lowest BCUT2D eigenvalue weighted by Gasteiger charge is -2.18. The van der Waals surface area contributed by atoms with E-state index in [0.717, 1.165) is 31.6 Å². The summed E-state index contributed by atoms with van der Waals surface area (Å²) in [6.07, 6.45) is 1.11. The molecule has 3 heteroatoms. The Labute approximate surface area is 97.3 Å². The van der Waals surface area contributed by atoms with Crippen LogP contribution in [0.1, 0.15) is 18.9 Å². The summed E-state index contributed by atoms with van der Waals surface area (Å²) >= 11 is 0. The van der Waals surface area contributed by atoms with Crippen LogP contribution in [0, 0.1) is 11.7 Å². The molecule has 0 amide bonds. The number of halogens is 1. The normalized spacial score (nSPS) is 13.1. The molecular weight excluding hydrogens is 203 g/mol. The predicted octanol–water partition coefficient (Wildman–Crippen LogP) is 2.24. The highest BCUT2D eigenvalue weighted by molar-refractivity contribution is 5.15. The van der Waals surface area contributed by atoms with E-state index in [1.165, 1.54) is 12.1 Å². The molecule has 90 valence electrons. The van der Waals surface area contributed by atoms with Gasteiger partial charge in [0, 0.05) is 6.54 Å². The number of nitrogens with two attached hydrogens (primary N) is 1. The first-order valence-corrected chi connectivity index (χ1v) is 5.75. The molecule has 0 aliphatic carbocycles. The summed E-state index contributed by atoms with van der Waals surface area (Å²) in [7, 11) is 2.08. The van der Waals surface area contributed by atoms with Crippen LogP contribution < -0.4 is 5.73 Å². The smallest absolute Gasteiger partial charge is 0.123 e. The molecule has 1 atom stereocenters. The maximum atomic E-state index is 12.7. The van der Waals surface area contributed by atoms with Gasteiger partial charge in [-0.2, -0.15) is 0 Å². The van der Waals surface area contributed by atoms with Crippen molar-refractivity contribution in [1.82, 2.24) is 4.90 Å². The summed E-state index contributed by atoms with van der Waals surface area (Å²) in [5, 5.41) is 0. The van der Waals surface area contributed by atoms with Gasteiger partial charge in [-0.25, -0.2) is 4.39 Å². The molecular formula is C13H21FN2. The van der Waals surface area contributed by atoms with Crippen molar-refractivity contribution in [2.75, 3.05) is 20.1 Å². The van der Waals surface area contributed by atoms with E-state index in [2.05, 4.69) is 18.9 Å². The highest BCUT2D eigenvalue weighted by Gasteiger charge is 2.03. The molecule has 0 spiro atoms. The molecule has 2 nitrogen and oxygen atoms in total. The van der Waals surface area contributed by atoms with Gasteiger partial charge in [0.25, 0.3) is 0 Å². The maximum Gasteiger partial charge on any atom is 0.123 e. The van der Waals surface area contributed by atoms with Crippen molar-refractivity contribution >= 4 is 0 Å². The van der Waals surface area contributed by atoms with Crippen molar-refractivity contribution in [3.05, 3.63) is 35.6 Å². The van der Waals surface area contributed by atoms with Crippen LogP contribution in [-0.2, 0) is 6.54 Å². The third-order valence-electron chi connectivity index (χ3n) is 2.77. The van der Waals surface area contributed by atoms with Crippen molar-refractivity contribution < 1.29 is 4.39 Å². The van der Waals surface area contributed by atoms with E-state index in [-0.39, 0.29) is 5.82 Å². The average molecular weight is 224 g/mol. The molecule has 0 bridgehead atoms. The van der Waals surface area contributed by atoms with E-state index in [0.29, 0.717) is 5.92 Å². The van der Waals surface area contributed by atoms with Crippen molar-refractivity contribution in [3.63, 3.8) is 0 Å². The van der Waals surface area contributed by atoms with Gasteiger partial charge in [0.05, 0.1) is 0 Å². The second-order valence-corrected chi connectivity index (χ2v) is 4.49. The van der Waals surface area contributed by atoms with Gasteiger partial charge in [0.15, 0.2) is 0 Å². The van der Waals surface area contributed by atoms with Gasteiger partial charge >= 0.3 is 0 Å². The average Bonchev–Trinajstić information content (AvgIpc) is 2.29. The van der Waals surface area contributed by atoms with Crippen molar-refractivity contribution in [1.29, 1.82) is 0 Å². The number of hydrogen-bond donors (Lipinski definition) is 1. The van der Waals surface area contributed by atoms with Gasteiger partial charge in [0.1, 0.15) is 5.82 Å². The summed E-state index contributed by atoms with van der Waals surface area (Å²) < 4.78 is 12.7. The molecule has 1 aromatic carbocycles. The summed E-state index contributed by atoms with van der Waals surface area (Å²) in [5.74, 6) is 0.388. The molecule has 16 heavy (non-hydrogen) atoms. The Kier molecular flexibility index (Phi) is 5.43. The first-order valence-electron chi connectivity index (χ1n) is 5.75. The largest absolute Gasteiger partial charge is 0.330 e. The zero-order valence-corrected chi connectivity index (χ0v) is 10.1. The summed E-state index contributed by atoms with van der Waals surface area (Å²) in [4.78, 5) is 2.24. The lowest BCUT2D eigenvalue weighted by molar-refractivity contribution is 0.300. The van der Waals surface area contributed by atoms with Crippen LogP contribution in [-0.4, -0.2) is 25.0 Å². The molecule has 0 saturated carbocycles. The first-order chi connectivity index (χ1) is 7.61. The molecule has 2 N–H and O–H groups in total. The fourth-order valence-electron chi connectivity index (χ4n) is 1.54. The first kappa shape index (κ1) is 13.1. The minimum atomic E-state index is -0.178. The Balaban J connectivity index is 2.33. The van der Waals surface area contributed by atoms with Gasteiger partial charge in [-0.1, -0.05) is 19.1 Å². The molecule has 0 heterocycles. The van der Waals surface area contributed by atoms with Gasteiger partial charge in [0.2, 0.25) is 0 Å². The number of benzene rings is 1. The monoisotopic (exact) mass is 224 g/mol. The standard InChI is InChI=1S/C13H21FN2/c1-11(9-15)7-8-16(2)10-12-3-5-13(14)6-4-12/h3-6,11H,7-10,15H2,1-2H3. The van der Waals surface area contributed by atoms with Crippen LogP contribution in [0.4, 0.5) is 4.39 Å². The quantitative estimate of drug-likeness (QED) is 0.803. The van der Waals surface area contributed by atoms with Crippen molar-refractivity contribution in [3.8, 4) is 0 Å².